The van der Waals surface area contributed by atoms with Crippen LogP contribution in [0, 0.1) is 0 Å². The summed E-state index contributed by atoms with van der Waals surface area (Å²) in [5, 5.41) is 0. The minimum atomic E-state index is -0.0474. The number of hydrogen-bond acceptors (Lipinski definition) is 4. The Balaban J connectivity index is 1.64. The van der Waals surface area contributed by atoms with Crippen LogP contribution in [-0.4, -0.2) is 30.4 Å². The lowest BCUT2D eigenvalue weighted by Gasteiger charge is -2.12. The Morgan fingerprint density at radius 3 is 2.76 bits per heavy atom. The van der Waals surface area contributed by atoms with Gasteiger partial charge in [0.1, 0.15) is 0 Å². The highest BCUT2D eigenvalue weighted by atomic mass is 16.7. The molecular weight excluding hydrogens is 214 g/mol. The zero-order valence-electron chi connectivity index (χ0n) is 9.80. The first-order valence-corrected chi connectivity index (χ1v) is 6.18. The van der Waals surface area contributed by atoms with Gasteiger partial charge in [-0.25, -0.2) is 4.99 Å². The van der Waals surface area contributed by atoms with E-state index < -0.39 is 0 Å². The first kappa shape index (κ1) is 10.7. The summed E-state index contributed by atoms with van der Waals surface area (Å²) in [4.78, 5) is 12.4. The predicted molar refractivity (Wildman–Crippen MR) is 66.5 cm³/mol. The van der Waals surface area contributed by atoms with Gasteiger partial charge in [-0.3, -0.25) is 4.90 Å². The molecule has 4 heteroatoms. The Kier molecular flexibility index (Phi) is 3.07. The van der Waals surface area contributed by atoms with Crippen molar-refractivity contribution in [1.82, 2.24) is 10.4 Å². The maximum atomic E-state index is 5.44. The zero-order valence-corrected chi connectivity index (χ0v) is 9.80. The van der Waals surface area contributed by atoms with E-state index in [-0.39, 0.29) is 6.17 Å². The predicted octanol–water partition coefficient (Wildman–Crippen LogP) is 1.71. The molecule has 0 radical (unpaired) electrons. The Labute approximate surface area is 101 Å². The standard InChI is InChI=1S/C13H17N3O/c1-2-6-11(7-3-1)13-14-12(17-15-13)10-16-8-4-5-9-16/h1-3,6-7,13,15H,4-5,8-10H2/t13-/m0/s1. The third-order valence-corrected chi connectivity index (χ3v) is 3.23. The largest absolute Gasteiger partial charge is 0.390 e. The van der Waals surface area contributed by atoms with E-state index in [2.05, 4.69) is 27.5 Å². The van der Waals surface area contributed by atoms with E-state index in [0.717, 1.165) is 18.0 Å². The minimum absolute atomic E-state index is 0.0474. The number of nitrogens with zero attached hydrogens (tertiary/aromatic N) is 2. The van der Waals surface area contributed by atoms with Crippen molar-refractivity contribution in [2.45, 2.75) is 19.0 Å². The average molecular weight is 231 g/mol. The van der Waals surface area contributed by atoms with Crippen LogP contribution in [-0.2, 0) is 4.84 Å². The quantitative estimate of drug-likeness (QED) is 0.860. The fraction of sp³-hybridized carbons (Fsp3) is 0.462. The van der Waals surface area contributed by atoms with E-state index in [9.17, 15) is 0 Å². The molecule has 4 nitrogen and oxygen atoms in total. The third kappa shape index (κ3) is 2.48. The van der Waals surface area contributed by atoms with Crippen molar-refractivity contribution in [3.05, 3.63) is 35.9 Å². The van der Waals surface area contributed by atoms with Crippen LogP contribution < -0.4 is 5.48 Å². The molecule has 1 atom stereocenters. The van der Waals surface area contributed by atoms with Gasteiger partial charge in [0, 0.05) is 0 Å². The smallest absolute Gasteiger partial charge is 0.225 e. The zero-order chi connectivity index (χ0) is 11.5. The van der Waals surface area contributed by atoms with Gasteiger partial charge in [0.25, 0.3) is 0 Å². The molecular formula is C13H17N3O. The van der Waals surface area contributed by atoms with E-state index in [1.54, 1.807) is 0 Å². The van der Waals surface area contributed by atoms with Crippen molar-refractivity contribution in [3.8, 4) is 0 Å². The lowest BCUT2D eigenvalue weighted by Crippen LogP contribution is -2.28. The van der Waals surface area contributed by atoms with Gasteiger partial charge in [-0.05, 0) is 31.5 Å². The summed E-state index contributed by atoms with van der Waals surface area (Å²) in [5.41, 5.74) is 4.11. The monoisotopic (exact) mass is 231 g/mol. The average Bonchev–Trinajstić information content (AvgIpc) is 3.02. The molecule has 0 unspecified atom stereocenters. The fourth-order valence-corrected chi connectivity index (χ4v) is 2.30. The van der Waals surface area contributed by atoms with Crippen molar-refractivity contribution in [3.63, 3.8) is 0 Å². The Morgan fingerprint density at radius 2 is 2.00 bits per heavy atom. The van der Waals surface area contributed by atoms with Gasteiger partial charge in [0.15, 0.2) is 6.17 Å². The fourth-order valence-electron chi connectivity index (χ4n) is 2.30. The molecule has 0 bridgehead atoms. The van der Waals surface area contributed by atoms with Gasteiger partial charge in [0.05, 0.1) is 6.54 Å². The number of hydrogen-bond donors (Lipinski definition) is 1. The minimum Gasteiger partial charge on any atom is -0.390 e. The molecule has 0 spiro atoms. The number of likely N-dealkylation sites (tertiary alicyclic amines) is 1. The van der Waals surface area contributed by atoms with E-state index >= 15 is 0 Å². The van der Waals surface area contributed by atoms with Crippen LogP contribution in [0.2, 0.25) is 0 Å². The number of rotatable bonds is 3. The summed E-state index contributed by atoms with van der Waals surface area (Å²) in [6, 6.07) is 10.2. The molecule has 17 heavy (non-hydrogen) atoms. The summed E-state index contributed by atoms with van der Waals surface area (Å²) >= 11 is 0. The molecule has 1 fully saturated rings. The topological polar surface area (TPSA) is 36.9 Å². The Hall–Kier alpha value is -1.39. The van der Waals surface area contributed by atoms with E-state index in [0.29, 0.717) is 0 Å². The highest BCUT2D eigenvalue weighted by molar-refractivity contribution is 5.79. The van der Waals surface area contributed by atoms with Gasteiger partial charge in [-0.1, -0.05) is 30.3 Å². The highest BCUT2D eigenvalue weighted by Gasteiger charge is 2.22. The van der Waals surface area contributed by atoms with Crippen molar-refractivity contribution in [2.75, 3.05) is 19.6 Å². The second-order valence-electron chi connectivity index (χ2n) is 4.54. The summed E-state index contributed by atoms with van der Waals surface area (Å²) in [6.45, 7) is 3.16. The van der Waals surface area contributed by atoms with Crippen molar-refractivity contribution < 1.29 is 4.84 Å². The SMILES string of the molecule is c1ccc([C@H]2N=C(CN3CCCC3)ON2)cc1. The molecule has 1 saturated heterocycles. The first-order chi connectivity index (χ1) is 8.42. The Bertz CT molecular complexity index is 398. The highest BCUT2D eigenvalue weighted by Crippen LogP contribution is 2.19. The van der Waals surface area contributed by atoms with Gasteiger partial charge in [-0.15, -0.1) is 5.48 Å². The second kappa shape index (κ2) is 4.85. The first-order valence-electron chi connectivity index (χ1n) is 6.18. The maximum absolute atomic E-state index is 5.44. The molecule has 2 aliphatic rings. The summed E-state index contributed by atoms with van der Waals surface area (Å²) in [5.74, 6) is 0.806. The van der Waals surface area contributed by atoms with E-state index in [4.69, 9.17) is 4.84 Å². The lowest BCUT2D eigenvalue weighted by atomic mass is 10.2. The summed E-state index contributed by atoms with van der Waals surface area (Å²) in [7, 11) is 0. The van der Waals surface area contributed by atoms with Crippen LogP contribution in [0.1, 0.15) is 24.6 Å². The number of nitrogens with one attached hydrogen (secondary N) is 1. The van der Waals surface area contributed by atoms with Gasteiger partial charge in [0.2, 0.25) is 5.90 Å². The van der Waals surface area contributed by atoms with Gasteiger partial charge >= 0.3 is 0 Å². The molecule has 1 aromatic carbocycles. The van der Waals surface area contributed by atoms with Gasteiger partial charge < -0.3 is 4.84 Å². The summed E-state index contributed by atoms with van der Waals surface area (Å²) < 4.78 is 0. The lowest BCUT2D eigenvalue weighted by molar-refractivity contribution is 0.169. The van der Waals surface area contributed by atoms with Crippen LogP contribution >= 0.6 is 0 Å². The third-order valence-electron chi connectivity index (χ3n) is 3.23. The maximum Gasteiger partial charge on any atom is 0.225 e. The number of aliphatic imine (C=N–C) groups is 1. The van der Waals surface area contributed by atoms with E-state index in [1.807, 2.05) is 18.2 Å². The van der Waals surface area contributed by atoms with Crippen LogP contribution in [0.15, 0.2) is 35.3 Å². The molecule has 3 rings (SSSR count). The molecule has 0 amide bonds. The number of benzene rings is 1. The van der Waals surface area contributed by atoms with E-state index in [1.165, 1.54) is 25.9 Å². The van der Waals surface area contributed by atoms with Crippen molar-refractivity contribution in [2.24, 2.45) is 4.99 Å². The molecule has 1 aromatic rings. The molecule has 0 aromatic heterocycles. The molecule has 2 heterocycles. The van der Waals surface area contributed by atoms with Crippen LogP contribution in [0.3, 0.4) is 0 Å². The van der Waals surface area contributed by atoms with Crippen LogP contribution in [0.4, 0.5) is 0 Å². The molecule has 2 aliphatic heterocycles. The molecule has 90 valence electrons. The van der Waals surface area contributed by atoms with Crippen LogP contribution in [0.5, 0.6) is 0 Å². The van der Waals surface area contributed by atoms with Gasteiger partial charge in [-0.2, -0.15) is 0 Å². The normalized spacial score (nSPS) is 24.7. The molecule has 0 aliphatic carbocycles. The Morgan fingerprint density at radius 1 is 1.24 bits per heavy atom. The molecule has 1 N–H and O–H groups in total. The molecule has 0 saturated carbocycles. The van der Waals surface area contributed by atoms with Crippen LogP contribution in [0.25, 0.3) is 0 Å². The number of hydroxylamine groups is 1. The summed E-state index contributed by atoms with van der Waals surface area (Å²) in [6.07, 6.45) is 2.54. The van der Waals surface area contributed by atoms with Crippen molar-refractivity contribution >= 4 is 5.90 Å². The second-order valence-corrected chi connectivity index (χ2v) is 4.54. The van der Waals surface area contributed by atoms with Crippen molar-refractivity contribution in [1.29, 1.82) is 0 Å².